The van der Waals surface area contributed by atoms with Crippen molar-refractivity contribution in [2.24, 2.45) is 0 Å². The van der Waals surface area contributed by atoms with Crippen LogP contribution in [-0.4, -0.2) is 30.3 Å². The van der Waals surface area contributed by atoms with E-state index in [0.29, 0.717) is 22.2 Å². The second-order valence-electron chi connectivity index (χ2n) is 3.56. The Morgan fingerprint density at radius 1 is 1.26 bits per heavy atom. The molecule has 1 heterocycles. The molecule has 0 bridgehead atoms. The van der Waals surface area contributed by atoms with E-state index in [1.165, 1.54) is 16.8 Å². The van der Waals surface area contributed by atoms with Gasteiger partial charge in [0.15, 0.2) is 5.69 Å². The van der Waals surface area contributed by atoms with Crippen LogP contribution in [-0.2, 0) is 0 Å². The van der Waals surface area contributed by atoms with Crippen LogP contribution in [0.25, 0.3) is 0 Å². The van der Waals surface area contributed by atoms with Crippen LogP contribution in [0, 0.1) is 0 Å². The fourth-order valence-electron chi connectivity index (χ4n) is 1.50. The predicted molar refractivity (Wildman–Crippen MR) is 71.9 cm³/mol. The zero-order valence-corrected chi connectivity index (χ0v) is 11.2. The molecule has 0 saturated carbocycles. The van der Waals surface area contributed by atoms with Crippen LogP contribution in [0.2, 0.25) is 0 Å². The number of carboxylic acids is 1. The highest BCUT2D eigenvalue weighted by molar-refractivity contribution is 7.14. The first-order valence-electron chi connectivity index (χ1n) is 5.31. The molecule has 0 unspecified atom stereocenters. The lowest BCUT2D eigenvalue weighted by Crippen LogP contribution is -2.01. The number of methoxy groups -OCH3 is 2. The minimum atomic E-state index is -1.07. The lowest BCUT2D eigenvalue weighted by atomic mass is 10.2. The third-order valence-electron chi connectivity index (χ3n) is 2.38. The van der Waals surface area contributed by atoms with Crippen LogP contribution in [0.15, 0.2) is 23.7 Å². The Labute approximate surface area is 113 Å². The number of hydrogen-bond donors (Lipinski definition) is 2. The number of nitrogens with one attached hydrogen (secondary N) is 1. The monoisotopic (exact) mass is 280 g/mol. The molecule has 0 amide bonds. The Morgan fingerprint density at radius 2 is 1.89 bits per heavy atom. The van der Waals surface area contributed by atoms with Gasteiger partial charge in [0, 0.05) is 23.9 Å². The highest BCUT2D eigenvalue weighted by Gasteiger charge is 2.14. The number of rotatable bonds is 5. The zero-order chi connectivity index (χ0) is 13.8. The maximum absolute atomic E-state index is 11.0. The van der Waals surface area contributed by atoms with E-state index >= 15 is 0 Å². The average Bonchev–Trinajstić information content (AvgIpc) is 2.86. The van der Waals surface area contributed by atoms with E-state index in [-0.39, 0.29) is 5.69 Å². The summed E-state index contributed by atoms with van der Waals surface area (Å²) in [6.07, 6.45) is 0. The maximum Gasteiger partial charge on any atom is 0.357 e. The Balaban J connectivity index is 2.32. The van der Waals surface area contributed by atoms with Crippen LogP contribution in [0.3, 0.4) is 0 Å². The molecule has 0 aliphatic carbocycles. The number of anilines is 2. The van der Waals surface area contributed by atoms with E-state index in [0.717, 1.165) is 0 Å². The number of carboxylic acid groups (broad SMARTS) is 1. The fourth-order valence-corrected chi connectivity index (χ4v) is 2.19. The largest absolute Gasteiger partial charge is 0.497 e. The zero-order valence-electron chi connectivity index (χ0n) is 10.3. The summed E-state index contributed by atoms with van der Waals surface area (Å²) >= 11 is 1.21. The van der Waals surface area contributed by atoms with Crippen LogP contribution < -0.4 is 14.8 Å². The van der Waals surface area contributed by atoms with Crippen molar-refractivity contribution in [3.8, 4) is 11.5 Å². The van der Waals surface area contributed by atoms with Gasteiger partial charge in [-0.3, -0.25) is 0 Å². The summed E-state index contributed by atoms with van der Waals surface area (Å²) in [7, 11) is 3.10. The minimum absolute atomic E-state index is 0.00760. The van der Waals surface area contributed by atoms with Crippen molar-refractivity contribution in [1.29, 1.82) is 0 Å². The smallest absolute Gasteiger partial charge is 0.357 e. The van der Waals surface area contributed by atoms with E-state index in [2.05, 4.69) is 10.3 Å². The topological polar surface area (TPSA) is 80.7 Å². The number of nitrogens with zero attached hydrogens (tertiary/aromatic N) is 1. The number of benzene rings is 1. The quantitative estimate of drug-likeness (QED) is 0.876. The summed E-state index contributed by atoms with van der Waals surface area (Å²) < 4.78 is 10.3. The third-order valence-corrected chi connectivity index (χ3v) is 3.12. The summed E-state index contributed by atoms with van der Waals surface area (Å²) in [4.78, 5) is 14.8. The van der Waals surface area contributed by atoms with Gasteiger partial charge in [0.05, 0.1) is 19.7 Å². The first kappa shape index (κ1) is 13.2. The number of thiazole rings is 1. The van der Waals surface area contributed by atoms with Crippen molar-refractivity contribution in [3.63, 3.8) is 0 Å². The molecule has 0 aliphatic rings. The predicted octanol–water partition coefficient (Wildman–Crippen LogP) is 2.60. The number of carbonyl (C=O) groups is 1. The highest BCUT2D eigenvalue weighted by atomic mass is 32.1. The second-order valence-corrected chi connectivity index (χ2v) is 4.42. The molecule has 0 spiro atoms. The summed E-state index contributed by atoms with van der Waals surface area (Å²) in [5, 5.41) is 12.4. The SMILES string of the molecule is COc1cc(Nc2scnc2C(=O)O)cc(OC)c1. The minimum Gasteiger partial charge on any atom is -0.497 e. The Morgan fingerprint density at radius 3 is 2.42 bits per heavy atom. The molecular weight excluding hydrogens is 268 g/mol. The normalized spacial score (nSPS) is 10.0. The van der Waals surface area contributed by atoms with E-state index < -0.39 is 5.97 Å². The molecule has 7 heteroatoms. The molecule has 19 heavy (non-hydrogen) atoms. The van der Waals surface area contributed by atoms with Gasteiger partial charge in [0.2, 0.25) is 0 Å². The van der Waals surface area contributed by atoms with Gasteiger partial charge in [-0.2, -0.15) is 0 Å². The van der Waals surface area contributed by atoms with Gasteiger partial charge >= 0.3 is 5.97 Å². The van der Waals surface area contributed by atoms with Crippen LogP contribution >= 0.6 is 11.3 Å². The number of aromatic nitrogens is 1. The molecule has 0 atom stereocenters. The van der Waals surface area contributed by atoms with Crippen LogP contribution in [0.5, 0.6) is 11.5 Å². The second kappa shape index (κ2) is 5.57. The molecular formula is C12H12N2O4S. The summed E-state index contributed by atoms with van der Waals surface area (Å²) in [5.41, 5.74) is 2.14. The van der Waals surface area contributed by atoms with Crippen molar-refractivity contribution >= 4 is 28.0 Å². The molecule has 2 N–H and O–H groups in total. The van der Waals surface area contributed by atoms with Gasteiger partial charge in [0.25, 0.3) is 0 Å². The maximum atomic E-state index is 11.0. The van der Waals surface area contributed by atoms with Gasteiger partial charge in [-0.05, 0) is 0 Å². The van der Waals surface area contributed by atoms with Gasteiger partial charge < -0.3 is 19.9 Å². The number of aromatic carboxylic acids is 1. The Kier molecular flexibility index (Phi) is 3.86. The molecule has 1 aromatic heterocycles. The van der Waals surface area contributed by atoms with Crippen molar-refractivity contribution in [3.05, 3.63) is 29.4 Å². The lowest BCUT2D eigenvalue weighted by Gasteiger charge is -2.09. The van der Waals surface area contributed by atoms with Gasteiger partial charge in [-0.15, -0.1) is 11.3 Å². The molecule has 0 saturated heterocycles. The number of hydrogen-bond acceptors (Lipinski definition) is 6. The van der Waals surface area contributed by atoms with E-state index in [4.69, 9.17) is 14.6 Å². The summed E-state index contributed by atoms with van der Waals surface area (Å²) in [6, 6.07) is 5.22. The van der Waals surface area contributed by atoms with Crippen molar-refractivity contribution in [1.82, 2.24) is 4.98 Å². The molecule has 100 valence electrons. The molecule has 0 aliphatic heterocycles. The van der Waals surface area contributed by atoms with Gasteiger partial charge in [0.1, 0.15) is 16.5 Å². The van der Waals surface area contributed by atoms with Gasteiger partial charge in [-0.25, -0.2) is 9.78 Å². The van der Waals surface area contributed by atoms with E-state index in [1.54, 1.807) is 32.4 Å². The van der Waals surface area contributed by atoms with Crippen molar-refractivity contribution in [2.45, 2.75) is 0 Å². The summed E-state index contributed by atoms with van der Waals surface area (Å²) in [6.45, 7) is 0. The molecule has 0 fully saturated rings. The average molecular weight is 280 g/mol. The van der Waals surface area contributed by atoms with E-state index in [9.17, 15) is 4.79 Å². The van der Waals surface area contributed by atoms with Crippen LogP contribution in [0.4, 0.5) is 10.7 Å². The van der Waals surface area contributed by atoms with E-state index in [1.807, 2.05) is 0 Å². The Hall–Kier alpha value is -2.28. The standard InChI is InChI=1S/C12H12N2O4S/c1-17-8-3-7(4-9(5-8)18-2)14-11-10(12(15)16)13-6-19-11/h3-6,14H,1-2H3,(H,15,16). The lowest BCUT2D eigenvalue weighted by molar-refractivity contribution is 0.0692. The molecule has 0 radical (unpaired) electrons. The Bertz CT molecular complexity index is 575. The van der Waals surface area contributed by atoms with Crippen LogP contribution in [0.1, 0.15) is 10.5 Å². The number of ether oxygens (including phenoxy) is 2. The fraction of sp³-hybridized carbons (Fsp3) is 0.167. The van der Waals surface area contributed by atoms with Gasteiger partial charge in [-0.1, -0.05) is 0 Å². The summed E-state index contributed by atoms with van der Waals surface area (Å²) in [5.74, 6) is 0.157. The van der Waals surface area contributed by atoms with Crippen molar-refractivity contribution in [2.75, 3.05) is 19.5 Å². The first-order chi connectivity index (χ1) is 9.13. The highest BCUT2D eigenvalue weighted by Crippen LogP contribution is 2.30. The molecule has 2 aromatic rings. The molecule has 6 nitrogen and oxygen atoms in total. The molecule has 1 aromatic carbocycles. The third kappa shape index (κ3) is 2.94. The van der Waals surface area contributed by atoms with Crippen molar-refractivity contribution < 1.29 is 19.4 Å². The molecule has 2 rings (SSSR count). The first-order valence-corrected chi connectivity index (χ1v) is 6.19.